The van der Waals surface area contributed by atoms with E-state index in [-0.39, 0.29) is 5.82 Å². The van der Waals surface area contributed by atoms with Crippen molar-refractivity contribution in [1.29, 1.82) is 0 Å². The van der Waals surface area contributed by atoms with Crippen molar-refractivity contribution in [3.8, 4) is 22.8 Å². The molecule has 0 saturated heterocycles. The summed E-state index contributed by atoms with van der Waals surface area (Å²) < 4.78 is 1.39. The zero-order valence-electron chi connectivity index (χ0n) is 11.1. The van der Waals surface area contributed by atoms with Gasteiger partial charge >= 0.3 is 0 Å². The smallest absolute Gasteiger partial charge is 0.193 e. The molecule has 0 fully saturated rings. The average Bonchev–Trinajstić information content (AvgIpc) is 2.54. The molecule has 0 atom stereocenters. The molecule has 0 spiro atoms. The number of nitrogens with zero attached hydrogens (tertiary/aromatic N) is 4. The predicted molar refractivity (Wildman–Crippen MR) is 89.3 cm³/mol. The third-order valence-corrected chi connectivity index (χ3v) is 3.69. The molecule has 0 aliphatic carbocycles. The van der Waals surface area contributed by atoms with Crippen molar-refractivity contribution in [3.05, 3.63) is 57.5 Å². The van der Waals surface area contributed by atoms with E-state index in [0.717, 1.165) is 0 Å². The largest absolute Gasteiger partial charge is 0.294 e. The van der Waals surface area contributed by atoms with Gasteiger partial charge in [-0.25, -0.2) is 19.9 Å². The van der Waals surface area contributed by atoms with Gasteiger partial charge in [-0.2, -0.15) is 0 Å². The molecule has 3 rings (SSSR count). The predicted octanol–water partition coefficient (Wildman–Crippen LogP) is 3.94. The van der Waals surface area contributed by atoms with Gasteiger partial charge < -0.3 is 0 Å². The van der Waals surface area contributed by atoms with Crippen LogP contribution in [-0.4, -0.2) is 26.2 Å². The Balaban J connectivity index is 2.16. The number of rotatable bonds is 3. The van der Waals surface area contributed by atoms with Crippen LogP contribution >= 0.6 is 31.9 Å². The summed E-state index contributed by atoms with van der Waals surface area (Å²) >= 11 is 6.65. The topological polar surface area (TPSA) is 68.6 Å². The van der Waals surface area contributed by atoms with E-state index in [4.69, 9.17) is 0 Å². The fourth-order valence-corrected chi connectivity index (χ4v) is 2.57. The minimum atomic E-state index is 0.0936. The van der Waals surface area contributed by atoms with E-state index in [0.29, 0.717) is 38.3 Å². The van der Waals surface area contributed by atoms with Gasteiger partial charge in [-0.15, -0.1) is 0 Å². The van der Waals surface area contributed by atoms with Crippen molar-refractivity contribution >= 4 is 38.1 Å². The van der Waals surface area contributed by atoms with E-state index in [2.05, 4.69) is 51.8 Å². The van der Waals surface area contributed by atoms with E-state index in [1.54, 1.807) is 6.07 Å². The second kappa shape index (κ2) is 6.41. The van der Waals surface area contributed by atoms with E-state index < -0.39 is 0 Å². The Morgan fingerprint density at radius 2 is 1.23 bits per heavy atom. The molecule has 0 aromatic carbocycles. The third kappa shape index (κ3) is 3.26. The molecule has 0 bridgehead atoms. The highest BCUT2D eigenvalue weighted by atomic mass is 79.9. The van der Waals surface area contributed by atoms with Gasteiger partial charge in [0, 0.05) is 0 Å². The summed E-state index contributed by atoms with van der Waals surface area (Å²) in [6.45, 7) is 0. The molecule has 0 amide bonds. The molecule has 0 aliphatic heterocycles. The summed E-state index contributed by atoms with van der Waals surface area (Å²) in [5.41, 5.74) is 2.43. The van der Waals surface area contributed by atoms with Gasteiger partial charge in [0.1, 0.15) is 9.21 Å². The van der Waals surface area contributed by atoms with Crippen LogP contribution in [0.2, 0.25) is 0 Å². The van der Waals surface area contributed by atoms with Gasteiger partial charge in [-0.3, -0.25) is 4.79 Å². The molecule has 0 unspecified atom stereocenters. The lowest BCUT2D eigenvalue weighted by molar-refractivity contribution is 0.111. The highest BCUT2D eigenvalue weighted by molar-refractivity contribution is 9.10. The van der Waals surface area contributed by atoms with Crippen LogP contribution in [-0.2, 0) is 0 Å². The zero-order valence-corrected chi connectivity index (χ0v) is 14.2. The fraction of sp³-hybridized carbons (Fsp3) is 0. The van der Waals surface area contributed by atoms with Crippen molar-refractivity contribution in [1.82, 2.24) is 19.9 Å². The second-order valence-electron chi connectivity index (χ2n) is 4.31. The molecule has 0 aliphatic rings. The van der Waals surface area contributed by atoms with E-state index in [1.165, 1.54) is 0 Å². The first-order valence-electron chi connectivity index (χ1n) is 6.26. The van der Waals surface area contributed by atoms with Crippen molar-refractivity contribution in [2.75, 3.05) is 0 Å². The van der Waals surface area contributed by atoms with Crippen molar-refractivity contribution in [3.63, 3.8) is 0 Å². The van der Waals surface area contributed by atoms with E-state index in [1.807, 2.05) is 36.4 Å². The van der Waals surface area contributed by atoms with Gasteiger partial charge in [0.05, 0.1) is 22.8 Å². The van der Waals surface area contributed by atoms with Crippen LogP contribution in [0.3, 0.4) is 0 Å². The zero-order chi connectivity index (χ0) is 15.5. The summed E-state index contributed by atoms with van der Waals surface area (Å²) in [5, 5.41) is 0. The molecule has 22 heavy (non-hydrogen) atoms. The average molecular weight is 420 g/mol. The SMILES string of the molecule is O=Cc1nc(-c2cccc(Br)n2)cc(-c2cccc(Br)n2)n1. The molecule has 0 N–H and O–H groups in total. The second-order valence-corrected chi connectivity index (χ2v) is 5.93. The Hall–Kier alpha value is -1.99. The maximum Gasteiger partial charge on any atom is 0.193 e. The summed E-state index contributed by atoms with van der Waals surface area (Å²) in [6.07, 6.45) is 0.614. The van der Waals surface area contributed by atoms with Crippen molar-refractivity contribution < 1.29 is 4.79 Å². The van der Waals surface area contributed by atoms with Crippen LogP contribution in [0.15, 0.2) is 51.7 Å². The molecule has 3 aromatic heterocycles. The Kier molecular flexibility index (Phi) is 4.35. The van der Waals surface area contributed by atoms with Crippen molar-refractivity contribution in [2.24, 2.45) is 0 Å². The van der Waals surface area contributed by atoms with Gasteiger partial charge in [-0.05, 0) is 62.2 Å². The third-order valence-electron chi connectivity index (χ3n) is 2.80. The van der Waals surface area contributed by atoms with Crippen LogP contribution in [0, 0.1) is 0 Å². The van der Waals surface area contributed by atoms with Crippen LogP contribution in [0.4, 0.5) is 0 Å². The number of halogens is 2. The van der Waals surface area contributed by atoms with Gasteiger partial charge in [-0.1, -0.05) is 12.1 Å². The fourth-order valence-electron chi connectivity index (χ4n) is 1.88. The van der Waals surface area contributed by atoms with Crippen LogP contribution in [0.1, 0.15) is 10.6 Å². The number of hydrogen-bond donors (Lipinski definition) is 0. The highest BCUT2D eigenvalue weighted by Gasteiger charge is 2.10. The monoisotopic (exact) mass is 418 g/mol. The number of aromatic nitrogens is 4. The molecule has 3 aromatic rings. The highest BCUT2D eigenvalue weighted by Crippen LogP contribution is 2.23. The molecule has 3 heterocycles. The maximum absolute atomic E-state index is 11.1. The summed E-state index contributed by atoms with van der Waals surface area (Å²) in [4.78, 5) is 28.2. The number of carbonyl (C=O) groups excluding carboxylic acids is 1. The van der Waals surface area contributed by atoms with E-state index >= 15 is 0 Å². The lowest BCUT2D eigenvalue weighted by Gasteiger charge is -2.05. The number of pyridine rings is 2. The molecule has 0 saturated carbocycles. The van der Waals surface area contributed by atoms with Gasteiger partial charge in [0.25, 0.3) is 0 Å². The van der Waals surface area contributed by atoms with E-state index in [9.17, 15) is 4.79 Å². The summed E-state index contributed by atoms with van der Waals surface area (Å²) in [6, 6.07) is 12.7. The van der Waals surface area contributed by atoms with Gasteiger partial charge in [0.15, 0.2) is 12.1 Å². The van der Waals surface area contributed by atoms with Crippen LogP contribution in [0.25, 0.3) is 22.8 Å². The minimum absolute atomic E-state index is 0.0936. The Morgan fingerprint density at radius 1 is 0.727 bits per heavy atom. The first-order valence-corrected chi connectivity index (χ1v) is 7.84. The molecule has 108 valence electrons. The molecule has 7 heteroatoms. The lowest BCUT2D eigenvalue weighted by atomic mass is 10.2. The first kappa shape index (κ1) is 14.9. The quantitative estimate of drug-likeness (QED) is 0.475. The minimum Gasteiger partial charge on any atom is -0.294 e. The normalized spacial score (nSPS) is 10.5. The summed E-state index contributed by atoms with van der Waals surface area (Å²) in [7, 11) is 0. The van der Waals surface area contributed by atoms with Gasteiger partial charge in [0.2, 0.25) is 0 Å². The first-order chi connectivity index (χ1) is 10.7. The Labute approximate surface area is 143 Å². The summed E-state index contributed by atoms with van der Waals surface area (Å²) in [5.74, 6) is 0.0936. The number of hydrogen-bond acceptors (Lipinski definition) is 5. The molecule has 5 nitrogen and oxygen atoms in total. The Bertz CT molecular complexity index is 791. The lowest BCUT2D eigenvalue weighted by Crippen LogP contribution is -2.00. The standard InChI is InChI=1S/C15H8Br2N4O/c16-13-5-1-3-9(18-13)11-7-12(21-15(8-22)20-11)10-4-2-6-14(17)19-10/h1-8H. The molecule has 0 radical (unpaired) electrons. The van der Waals surface area contributed by atoms with Crippen molar-refractivity contribution in [2.45, 2.75) is 0 Å². The van der Waals surface area contributed by atoms with Crippen LogP contribution in [0.5, 0.6) is 0 Å². The number of carbonyl (C=O) groups is 1. The Morgan fingerprint density at radius 3 is 1.64 bits per heavy atom. The molecular formula is C15H8Br2N4O. The maximum atomic E-state index is 11.1. The van der Waals surface area contributed by atoms with Crippen LogP contribution < -0.4 is 0 Å². The molecular weight excluding hydrogens is 412 g/mol. The number of aldehydes is 1.